The summed E-state index contributed by atoms with van der Waals surface area (Å²) in [5, 5.41) is 12.3. The van der Waals surface area contributed by atoms with Gasteiger partial charge in [0.05, 0.1) is 25.0 Å². The first kappa shape index (κ1) is 22.6. The van der Waals surface area contributed by atoms with Crippen LogP contribution in [0.1, 0.15) is 26.1 Å². The maximum atomic E-state index is 12.6. The van der Waals surface area contributed by atoms with E-state index in [1.165, 1.54) is 23.8 Å². The van der Waals surface area contributed by atoms with Gasteiger partial charge in [-0.15, -0.1) is 0 Å². The van der Waals surface area contributed by atoms with Crippen molar-refractivity contribution in [2.24, 2.45) is 5.41 Å². The van der Waals surface area contributed by atoms with E-state index in [-0.39, 0.29) is 25.4 Å². The number of carbonyl (C=O) groups is 2. The van der Waals surface area contributed by atoms with Crippen molar-refractivity contribution in [2.45, 2.75) is 33.7 Å². The molecular formula is C20H24ClN3O5. The maximum Gasteiger partial charge on any atom is 0.411 e. The van der Waals surface area contributed by atoms with E-state index in [0.717, 1.165) is 0 Å². The van der Waals surface area contributed by atoms with E-state index in [1.54, 1.807) is 32.9 Å². The molecule has 0 unspecified atom stereocenters. The van der Waals surface area contributed by atoms with Crippen LogP contribution >= 0.6 is 11.6 Å². The number of Topliss-reactive ketones (excluding diaryl/α,β-unsaturated/α-hetero) is 1. The number of hydrogen-bond acceptors (Lipinski definition) is 6. The van der Waals surface area contributed by atoms with Crippen molar-refractivity contribution in [3.8, 4) is 11.3 Å². The number of methoxy groups -OCH3 is 1. The third-order valence-electron chi connectivity index (χ3n) is 4.32. The number of ketones is 1. The van der Waals surface area contributed by atoms with Crippen molar-refractivity contribution in [1.82, 2.24) is 9.55 Å². The highest BCUT2D eigenvalue weighted by atomic mass is 35.5. The molecule has 1 heterocycles. The number of nitrogens with zero attached hydrogens (tertiary/aromatic N) is 2. The monoisotopic (exact) mass is 421 g/mol. The highest BCUT2D eigenvalue weighted by Crippen LogP contribution is 2.29. The zero-order valence-corrected chi connectivity index (χ0v) is 17.5. The molecule has 156 valence electrons. The van der Waals surface area contributed by atoms with Gasteiger partial charge in [0.25, 0.3) is 5.56 Å². The summed E-state index contributed by atoms with van der Waals surface area (Å²) < 4.78 is 5.89. The van der Waals surface area contributed by atoms with Gasteiger partial charge in [0.15, 0.2) is 5.78 Å². The van der Waals surface area contributed by atoms with E-state index >= 15 is 0 Å². The van der Waals surface area contributed by atoms with Gasteiger partial charge in [-0.25, -0.2) is 9.78 Å². The average Bonchev–Trinajstić information content (AvgIpc) is 2.64. The van der Waals surface area contributed by atoms with Crippen LogP contribution in [0.5, 0.6) is 0 Å². The van der Waals surface area contributed by atoms with Crippen molar-refractivity contribution < 1.29 is 19.4 Å². The van der Waals surface area contributed by atoms with Crippen LogP contribution < -0.4 is 10.9 Å². The highest BCUT2D eigenvalue weighted by Gasteiger charge is 2.22. The molecule has 1 aromatic heterocycles. The van der Waals surface area contributed by atoms with Crippen LogP contribution in [0.3, 0.4) is 0 Å². The Labute approximate surface area is 173 Å². The molecule has 0 spiro atoms. The van der Waals surface area contributed by atoms with Crippen LogP contribution in [-0.4, -0.2) is 40.3 Å². The minimum atomic E-state index is -0.685. The lowest BCUT2D eigenvalue weighted by atomic mass is 9.88. The number of nitrogens with one attached hydrogen (secondary N) is 1. The molecule has 8 nitrogen and oxygen atoms in total. The summed E-state index contributed by atoms with van der Waals surface area (Å²) in [6.45, 7) is 4.92. The largest absolute Gasteiger partial charge is 0.453 e. The van der Waals surface area contributed by atoms with E-state index in [9.17, 15) is 19.5 Å². The summed E-state index contributed by atoms with van der Waals surface area (Å²) in [5.41, 5.74) is 0.199. The molecule has 2 N–H and O–H groups in total. The quantitative estimate of drug-likeness (QED) is 0.710. The van der Waals surface area contributed by atoms with Gasteiger partial charge < -0.3 is 9.84 Å². The topological polar surface area (TPSA) is 111 Å². The summed E-state index contributed by atoms with van der Waals surface area (Å²) in [6.07, 6.45) is -0.544. The second kappa shape index (κ2) is 9.19. The van der Waals surface area contributed by atoms with Gasteiger partial charge in [0.2, 0.25) is 0 Å². The smallest absolute Gasteiger partial charge is 0.411 e. The summed E-state index contributed by atoms with van der Waals surface area (Å²) in [7, 11) is 1.23. The number of anilines is 1. The molecule has 0 atom stereocenters. The number of aryl methyl sites for hydroxylation is 1. The fraction of sp³-hybridized carbons (Fsp3) is 0.400. The molecule has 0 saturated heterocycles. The molecule has 1 amide bonds. The number of halogens is 1. The highest BCUT2D eigenvalue weighted by molar-refractivity contribution is 6.31. The first-order valence-electron chi connectivity index (χ1n) is 8.92. The molecule has 9 heteroatoms. The van der Waals surface area contributed by atoms with Gasteiger partial charge >= 0.3 is 6.09 Å². The predicted molar refractivity (Wildman–Crippen MR) is 110 cm³/mol. The molecular weight excluding hydrogens is 398 g/mol. The first-order chi connectivity index (χ1) is 13.6. The van der Waals surface area contributed by atoms with Gasteiger partial charge in [0.1, 0.15) is 5.82 Å². The van der Waals surface area contributed by atoms with E-state index in [1.807, 2.05) is 0 Å². The Morgan fingerprint density at radius 3 is 2.59 bits per heavy atom. The first-order valence-corrected chi connectivity index (χ1v) is 9.30. The second-order valence-electron chi connectivity index (χ2n) is 7.46. The summed E-state index contributed by atoms with van der Waals surface area (Å²) in [5.74, 6) is 0.171. The number of rotatable bonds is 7. The molecule has 0 aliphatic rings. The van der Waals surface area contributed by atoms with Crippen LogP contribution in [0.25, 0.3) is 11.3 Å². The lowest BCUT2D eigenvalue weighted by Gasteiger charge is -2.21. The number of ether oxygens (including phenoxy) is 1. The molecule has 0 fully saturated rings. The third kappa shape index (κ3) is 5.88. The van der Waals surface area contributed by atoms with Gasteiger partial charge in [-0.2, -0.15) is 0 Å². The van der Waals surface area contributed by atoms with Gasteiger partial charge in [-0.1, -0.05) is 25.4 Å². The van der Waals surface area contributed by atoms with Gasteiger partial charge in [-0.05, 0) is 30.5 Å². The number of benzene rings is 1. The standard InChI is InChI=1S/C20H24ClN3O5/c1-12-22-17(15-6-5-13(21)7-16(15)23-19(28)29-4)8-18(27)24(12)10-14(26)9-20(2,3)11-25/h5-8,25H,9-11H2,1-4H3,(H,23,28). The fourth-order valence-corrected chi connectivity index (χ4v) is 2.95. The zero-order chi connectivity index (χ0) is 21.8. The fourth-order valence-electron chi connectivity index (χ4n) is 2.78. The Balaban J connectivity index is 2.38. The number of aliphatic hydroxyl groups is 1. The minimum absolute atomic E-state index is 0.129. The van der Waals surface area contributed by atoms with Crippen molar-refractivity contribution >= 4 is 29.2 Å². The Hall–Kier alpha value is -2.71. The van der Waals surface area contributed by atoms with Crippen LogP contribution in [0.2, 0.25) is 5.02 Å². The Morgan fingerprint density at radius 2 is 2.00 bits per heavy atom. The van der Waals surface area contributed by atoms with Crippen molar-refractivity contribution in [2.75, 3.05) is 19.0 Å². The van der Waals surface area contributed by atoms with Crippen molar-refractivity contribution in [3.63, 3.8) is 0 Å². The average molecular weight is 422 g/mol. The Bertz CT molecular complexity index is 985. The number of aromatic nitrogens is 2. The normalized spacial score (nSPS) is 11.2. The van der Waals surface area contributed by atoms with Gasteiger partial charge in [0, 0.05) is 29.7 Å². The number of hydrogen-bond donors (Lipinski definition) is 2. The second-order valence-corrected chi connectivity index (χ2v) is 7.89. The minimum Gasteiger partial charge on any atom is -0.453 e. The molecule has 2 aromatic rings. The number of aliphatic hydroxyl groups excluding tert-OH is 1. The Kier molecular flexibility index (Phi) is 7.16. The molecule has 29 heavy (non-hydrogen) atoms. The molecule has 0 bridgehead atoms. The maximum absolute atomic E-state index is 12.6. The summed E-state index contributed by atoms with van der Waals surface area (Å²) in [6, 6.07) is 6.07. The van der Waals surface area contributed by atoms with Gasteiger partial charge in [-0.3, -0.25) is 19.5 Å². The molecule has 0 aliphatic carbocycles. The number of amides is 1. The van der Waals surface area contributed by atoms with E-state index in [2.05, 4.69) is 15.0 Å². The van der Waals surface area contributed by atoms with Crippen LogP contribution in [0.15, 0.2) is 29.1 Å². The van der Waals surface area contributed by atoms with E-state index in [4.69, 9.17) is 11.6 Å². The third-order valence-corrected chi connectivity index (χ3v) is 4.55. The molecule has 0 radical (unpaired) electrons. The van der Waals surface area contributed by atoms with Crippen LogP contribution in [-0.2, 0) is 16.1 Å². The van der Waals surface area contributed by atoms with E-state index in [0.29, 0.717) is 27.8 Å². The molecule has 0 saturated carbocycles. The lowest BCUT2D eigenvalue weighted by molar-refractivity contribution is -0.122. The molecule has 1 aromatic carbocycles. The zero-order valence-electron chi connectivity index (χ0n) is 16.8. The summed E-state index contributed by atoms with van der Waals surface area (Å²) in [4.78, 5) is 41.0. The van der Waals surface area contributed by atoms with Crippen molar-refractivity contribution in [3.05, 3.63) is 45.5 Å². The van der Waals surface area contributed by atoms with Crippen molar-refractivity contribution in [1.29, 1.82) is 0 Å². The SMILES string of the molecule is COC(=O)Nc1cc(Cl)ccc1-c1cc(=O)n(CC(=O)CC(C)(C)CO)c(C)n1. The summed E-state index contributed by atoms with van der Waals surface area (Å²) >= 11 is 6.01. The van der Waals surface area contributed by atoms with Crippen LogP contribution in [0.4, 0.5) is 10.5 Å². The Morgan fingerprint density at radius 1 is 1.31 bits per heavy atom. The van der Waals surface area contributed by atoms with E-state index < -0.39 is 17.1 Å². The predicted octanol–water partition coefficient (Wildman–Crippen LogP) is 3.03. The lowest BCUT2D eigenvalue weighted by Crippen LogP contribution is -2.30. The number of carbonyl (C=O) groups excluding carboxylic acids is 2. The van der Waals surface area contributed by atoms with Crippen LogP contribution in [0, 0.1) is 12.3 Å². The molecule has 0 aliphatic heterocycles. The molecule has 2 rings (SSSR count).